The number of nitrogens with one attached hydrogen (secondary N) is 3. The monoisotopic (exact) mass is 494 g/mol. The minimum Gasteiger partial charge on any atom is -0.360 e. The summed E-state index contributed by atoms with van der Waals surface area (Å²) in [6, 6.07) is 10.2. The van der Waals surface area contributed by atoms with Gasteiger partial charge in [0, 0.05) is 22.2 Å². The first-order chi connectivity index (χ1) is 16.8. The van der Waals surface area contributed by atoms with Gasteiger partial charge in [-0.25, -0.2) is 0 Å². The number of halogens is 1. The van der Waals surface area contributed by atoms with E-state index in [1.165, 1.54) is 6.42 Å². The summed E-state index contributed by atoms with van der Waals surface area (Å²) in [5.41, 5.74) is -0.0591. The maximum atomic E-state index is 13.2. The number of carbonyl (C=O) groups excluding carboxylic acids is 1. The second kappa shape index (κ2) is 10.6. The molecular weight excluding hydrogens is 464 g/mol. The van der Waals surface area contributed by atoms with E-state index >= 15 is 0 Å². The van der Waals surface area contributed by atoms with E-state index in [2.05, 4.69) is 34.8 Å². The largest absolute Gasteiger partial charge is 0.360 e. The molecule has 2 unspecified atom stereocenters. The molecule has 1 heterocycles. The number of hydrogen-bond acceptors (Lipinski definition) is 6. The fraction of sp³-hybridized carbons (Fsp3) is 0.407. The Morgan fingerprint density at radius 1 is 1.09 bits per heavy atom. The molecule has 8 heteroatoms. The van der Waals surface area contributed by atoms with Gasteiger partial charge >= 0.3 is 0 Å². The van der Waals surface area contributed by atoms with E-state index in [1.807, 2.05) is 0 Å². The molecule has 2 aromatic carbocycles. The van der Waals surface area contributed by atoms with Crippen molar-refractivity contribution in [2.75, 3.05) is 10.6 Å². The van der Waals surface area contributed by atoms with Gasteiger partial charge in [0.05, 0.1) is 11.9 Å². The summed E-state index contributed by atoms with van der Waals surface area (Å²) < 4.78 is 0. The lowest BCUT2D eigenvalue weighted by Gasteiger charge is -2.46. The standard InChI is InChI=1S/C27H31ClN4O3/c1-3-27(2,18-8-5-4-6-9-18)26(32-25(35)17-11-13-19(28)14-12-17)31-22-21(23(33)24(22)34)30-20-10-7-15-29-16-20/h7,10-16,18,26,30-31H,3-6,8-9H2,1-2H3,(H,32,35). The highest BCUT2D eigenvalue weighted by atomic mass is 35.5. The Bertz CT molecular complexity index is 1230. The minimum absolute atomic E-state index is 0.191. The van der Waals surface area contributed by atoms with Crippen molar-refractivity contribution in [1.29, 1.82) is 0 Å². The van der Waals surface area contributed by atoms with Crippen LogP contribution >= 0.6 is 11.6 Å². The van der Waals surface area contributed by atoms with Crippen LogP contribution in [0.15, 0.2) is 58.4 Å². The van der Waals surface area contributed by atoms with Crippen molar-refractivity contribution in [2.45, 2.75) is 58.5 Å². The van der Waals surface area contributed by atoms with Crippen molar-refractivity contribution in [1.82, 2.24) is 10.3 Å². The number of rotatable bonds is 9. The first-order valence-corrected chi connectivity index (χ1v) is 12.5. The molecule has 4 rings (SSSR count). The smallest absolute Gasteiger partial charge is 0.253 e. The molecule has 0 bridgehead atoms. The number of carbonyl (C=O) groups is 1. The molecule has 1 aliphatic rings. The second-order valence-corrected chi connectivity index (χ2v) is 9.96. The van der Waals surface area contributed by atoms with Crippen molar-refractivity contribution >= 4 is 34.6 Å². The van der Waals surface area contributed by atoms with Gasteiger partial charge in [0.1, 0.15) is 17.5 Å². The van der Waals surface area contributed by atoms with Gasteiger partial charge in [-0.2, -0.15) is 0 Å². The zero-order valence-corrected chi connectivity index (χ0v) is 20.8. The van der Waals surface area contributed by atoms with Crippen molar-refractivity contribution < 1.29 is 4.79 Å². The van der Waals surface area contributed by atoms with Gasteiger partial charge in [0.25, 0.3) is 16.8 Å². The summed E-state index contributed by atoms with van der Waals surface area (Å²) in [7, 11) is 0. The van der Waals surface area contributed by atoms with Crippen LogP contribution in [0.2, 0.25) is 5.02 Å². The van der Waals surface area contributed by atoms with Crippen LogP contribution in [0.4, 0.5) is 17.1 Å². The fourth-order valence-corrected chi connectivity index (χ4v) is 5.17. The summed E-state index contributed by atoms with van der Waals surface area (Å²) in [4.78, 5) is 42.3. The van der Waals surface area contributed by atoms with Gasteiger partial charge in [-0.15, -0.1) is 0 Å². The van der Waals surface area contributed by atoms with Crippen LogP contribution in [-0.2, 0) is 0 Å². The fourth-order valence-electron chi connectivity index (χ4n) is 5.05. The molecule has 35 heavy (non-hydrogen) atoms. The highest BCUT2D eigenvalue weighted by molar-refractivity contribution is 6.30. The number of benzene rings is 1. The maximum absolute atomic E-state index is 13.2. The second-order valence-electron chi connectivity index (χ2n) is 9.53. The lowest BCUT2D eigenvalue weighted by molar-refractivity contribution is 0.0725. The van der Waals surface area contributed by atoms with E-state index in [-0.39, 0.29) is 22.7 Å². The van der Waals surface area contributed by atoms with E-state index < -0.39 is 17.0 Å². The van der Waals surface area contributed by atoms with Crippen molar-refractivity contribution in [2.24, 2.45) is 11.3 Å². The third-order valence-electron chi connectivity index (χ3n) is 7.47. The van der Waals surface area contributed by atoms with Crippen molar-refractivity contribution in [3.05, 3.63) is 79.8 Å². The third-order valence-corrected chi connectivity index (χ3v) is 7.72. The lowest BCUT2D eigenvalue weighted by Crippen LogP contribution is -2.56. The first-order valence-electron chi connectivity index (χ1n) is 12.2. The van der Waals surface area contributed by atoms with Crippen LogP contribution in [0, 0.1) is 11.3 Å². The molecule has 1 saturated carbocycles. The Balaban J connectivity index is 1.66. The molecule has 0 spiro atoms. The van der Waals surface area contributed by atoms with Crippen LogP contribution in [0.3, 0.4) is 0 Å². The molecule has 1 aromatic heterocycles. The van der Waals surface area contributed by atoms with E-state index in [0.717, 1.165) is 32.1 Å². The van der Waals surface area contributed by atoms with Crippen molar-refractivity contribution in [3.8, 4) is 0 Å². The summed E-state index contributed by atoms with van der Waals surface area (Å²) in [5, 5.41) is 9.96. The molecule has 7 nitrogen and oxygen atoms in total. The summed E-state index contributed by atoms with van der Waals surface area (Å²) in [6.07, 6.45) is 9.07. The van der Waals surface area contributed by atoms with Gasteiger partial charge < -0.3 is 16.0 Å². The number of aromatic nitrogens is 1. The van der Waals surface area contributed by atoms with Gasteiger partial charge in [0.2, 0.25) is 0 Å². The highest BCUT2D eigenvalue weighted by Crippen LogP contribution is 2.44. The predicted octanol–water partition coefficient (Wildman–Crippen LogP) is 5.24. The molecule has 3 aromatic rings. The quantitative estimate of drug-likeness (QED) is 0.278. The van der Waals surface area contributed by atoms with E-state index in [9.17, 15) is 14.4 Å². The molecule has 1 fully saturated rings. The van der Waals surface area contributed by atoms with E-state index in [0.29, 0.717) is 22.2 Å². The molecule has 1 amide bonds. The topological polar surface area (TPSA) is 100 Å². The molecular formula is C27H31ClN4O3. The van der Waals surface area contributed by atoms with Crippen LogP contribution in [-0.4, -0.2) is 17.1 Å². The molecule has 2 atom stereocenters. The first kappa shape index (κ1) is 24.9. The van der Waals surface area contributed by atoms with Crippen molar-refractivity contribution in [3.63, 3.8) is 0 Å². The number of hydrogen-bond donors (Lipinski definition) is 3. The van der Waals surface area contributed by atoms with Gasteiger partial charge in [-0.3, -0.25) is 19.4 Å². The minimum atomic E-state index is -0.593. The van der Waals surface area contributed by atoms with Crippen LogP contribution in [0.1, 0.15) is 62.7 Å². The van der Waals surface area contributed by atoms with Crippen LogP contribution < -0.4 is 26.8 Å². The van der Waals surface area contributed by atoms with E-state index in [4.69, 9.17) is 11.6 Å². The average molecular weight is 495 g/mol. The summed E-state index contributed by atoms with van der Waals surface area (Å²) >= 11 is 6.00. The Morgan fingerprint density at radius 3 is 2.40 bits per heavy atom. The molecule has 3 N–H and O–H groups in total. The number of nitrogens with zero attached hydrogens (tertiary/aromatic N) is 1. The summed E-state index contributed by atoms with van der Waals surface area (Å²) in [6.45, 7) is 4.26. The third kappa shape index (κ3) is 5.25. The van der Waals surface area contributed by atoms with Crippen LogP contribution in [0.25, 0.3) is 0 Å². The SMILES string of the molecule is CCC(C)(C1CCCCC1)C(NC(=O)c1ccc(Cl)cc1)Nc1c(Nc2cccnc2)c(=O)c1=O. The summed E-state index contributed by atoms with van der Waals surface area (Å²) in [5.74, 6) is 0.0978. The Hall–Kier alpha value is -3.19. The average Bonchev–Trinajstić information content (AvgIpc) is 2.90. The van der Waals surface area contributed by atoms with Gasteiger partial charge in [-0.1, -0.05) is 44.7 Å². The van der Waals surface area contributed by atoms with Crippen LogP contribution in [0.5, 0.6) is 0 Å². The predicted molar refractivity (Wildman–Crippen MR) is 140 cm³/mol. The number of anilines is 3. The molecule has 0 saturated heterocycles. The number of pyridine rings is 1. The van der Waals surface area contributed by atoms with E-state index in [1.54, 1.807) is 48.8 Å². The number of amides is 1. The highest BCUT2D eigenvalue weighted by Gasteiger charge is 2.42. The lowest BCUT2D eigenvalue weighted by atomic mass is 9.66. The Labute approximate surface area is 210 Å². The normalized spacial score (nSPS) is 16.9. The molecule has 0 aliphatic heterocycles. The Morgan fingerprint density at radius 2 is 1.77 bits per heavy atom. The zero-order chi connectivity index (χ0) is 25.0. The molecule has 0 radical (unpaired) electrons. The van der Waals surface area contributed by atoms with Gasteiger partial charge in [0.15, 0.2) is 0 Å². The zero-order valence-electron chi connectivity index (χ0n) is 20.1. The Kier molecular flexibility index (Phi) is 7.55. The van der Waals surface area contributed by atoms with Gasteiger partial charge in [-0.05, 0) is 61.6 Å². The maximum Gasteiger partial charge on any atom is 0.253 e. The molecule has 184 valence electrons. The molecule has 1 aliphatic carbocycles.